The molecule has 0 saturated carbocycles. The monoisotopic (exact) mass is 376 g/mol. The average Bonchev–Trinajstić information content (AvgIpc) is 1.41. The van der Waals surface area contributed by atoms with Crippen molar-refractivity contribution in [1.82, 2.24) is 0 Å². The molecule has 0 aromatic heterocycles. The van der Waals surface area contributed by atoms with E-state index in [1.54, 1.807) is 0 Å². The molecule has 12 nitrogen and oxygen atoms in total. The van der Waals surface area contributed by atoms with E-state index in [4.69, 9.17) is 57.7 Å². The fourth-order valence-corrected chi connectivity index (χ4v) is 0. The molecule has 0 aromatic rings. The first kappa shape index (κ1) is 31.9. The van der Waals surface area contributed by atoms with Crippen molar-refractivity contribution in [1.29, 1.82) is 0 Å². The van der Waals surface area contributed by atoms with Crippen LogP contribution in [0, 0.1) is 0 Å². The van der Waals surface area contributed by atoms with E-state index in [0.29, 0.717) is 0 Å². The normalized spacial score (nSPS) is 10.4. The number of phosphoric acid groups is 3. The molecule has 0 rings (SSSR count). The zero-order chi connectivity index (χ0) is 13.5. The van der Waals surface area contributed by atoms with Gasteiger partial charge in [-0.25, -0.2) is 4.57 Å². The Morgan fingerprint density at radius 3 is 0.706 bits per heavy atom. The Morgan fingerprint density at radius 2 is 0.706 bits per heavy atom. The molecular formula is H4KO12P3Ti. The Hall–Kier alpha value is 2.68. The van der Waals surface area contributed by atoms with Crippen molar-refractivity contribution < 1.29 is 131 Å². The molecule has 0 bridgehead atoms. The minimum absolute atomic E-state index is 0. The quantitative estimate of drug-likeness (QED) is 0.227. The van der Waals surface area contributed by atoms with E-state index in [1.807, 2.05) is 0 Å². The molecule has 0 aromatic carbocycles. The second-order valence-corrected chi connectivity index (χ2v) is 4.29. The van der Waals surface area contributed by atoms with Crippen LogP contribution in [0.3, 0.4) is 0 Å². The molecule has 0 heterocycles. The van der Waals surface area contributed by atoms with E-state index >= 15 is 0 Å². The number of hydrogen-bond acceptors (Lipinski definition) is 8. The third kappa shape index (κ3) is 723. The topological polar surface area (TPSA) is 247 Å². The van der Waals surface area contributed by atoms with Crippen molar-refractivity contribution in [3.63, 3.8) is 0 Å². The standard InChI is InChI=1S/K.3H3O4P.Ti/c;3*1-5(2,3)4;/h;3*(H3,1,2,3,4);/q+1;;;;+4/p-5. The number of rotatable bonds is 0. The maximum Gasteiger partial charge on any atom is 4.00 e. The molecule has 0 unspecified atom stereocenters. The molecule has 17 heteroatoms. The Bertz CT molecular complexity index is 208. The molecule has 0 aliphatic rings. The average molecular weight is 376 g/mol. The van der Waals surface area contributed by atoms with Crippen molar-refractivity contribution in [3.05, 3.63) is 0 Å². The second-order valence-electron chi connectivity index (χ2n) is 1.43. The van der Waals surface area contributed by atoms with Crippen LogP contribution >= 0.6 is 23.5 Å². The van der Waals surface area contributed by atoms with Crippen molar-refractivity contribution in [2.24, 2.45) is 0 Å². The van der Waals surface area contributed by atoms with Gasteiger partial charge in [-0.3, -0.25) is 0 Å². The first-order valence-corrected chi connectivity index (χ1v) is 6.78. The molecule has 0 radical (unpaired) electrons. The van der Waals surface area contributed by atoms with Gasteiger partial charge in [-0.15, -0.1) is 0 Å². The van der Waals surface area contributed by atoms with Crippen molar-refractivity contribution in [2.75, 3.05) is 0 Å². The van der Waals surface area contributed by atoms with E-state index in [0.717, 1.165) is 0 Å². The first-order chi connectivity index (χ1) is 6.00. The van der Waals surface area contributed by atoms with Gasteiger partial charge < -0.3 is 53.2 Å². The molecule has 0 amide bonds. The number of hydrogen-bond donors (Lipinski definition) is 4. The summed E-state index contributed by atoms with van der Waals surface area (Å²) in [6.07, 6.45) is 0. The van der Waals surface area contributed by atoms with E-state index in [2.05, 4.69) is 0 Å². The molecular weight excluding hydrogens is 372 g/mol. The summed E-state index contributed by atoms with van der Waals surface area (Å²) < 4.78 is 26.1. The van der Waals surface area contributed by atoms with Gasteiger partial charge in [0.15, 0.2) is 0 Å². The van der Waals surface area contributed by atoms with Crippen LogP contribution in [0.2, 0.25) is 0 Å². The van der Waals surface area contributed by atoms with Crippen LogP contribution in [-0.4, -0.2) is 19.6 Å². The summed E-state index contributed by atoms with van der Waals surface area (Å²) in [5, 5.41) is 0. The zero-order valence-electron chi connectivity index (χ0n) is 7.90. The molecule has 17 heavy (non-hydrogen) atoms. The Balaban J connectivity index is -0.0000000400. The van der Waals surface area contributed by atoms with Gasteiger partial charge in [0.2, 0.25) is 0 Å². The molecule has 0 aliphatic carbocycles. The van der Waals surface area contributed by atoms with Crippen LogP contribution in [0.4, 0.5) is 0 Å². The van der Waals surface area contributed by atoms with Crippen LogP contribution in [0.15, 0.2) is 0 Å². The third-order valence-electron chi connectivity index (χ3n) is 0. The fraction of sp³-hybridized carbons (Fsp3) is 0. The van der Waals surface area contributed by atoms with Gasteiger partial charge >= 0.3 is 80.9 Å². The van der Waals surface area contributed by atoms with Gasteiger partial charge in [-0.1, -0.05) is 0 Å². The smallest absolute Gasteiger partial charge is 0.822 e. The maximum atomic E-state index is 8.88. The summed E-state index contributed by atoms with van der Waals surface area (Å²) in [4.78, 5) is 71.5. The van der Waals surface area contributed by atoms with Crippen molar-refractivity contribution >= 4 is 23.5 Å². The van der Waals surface area contributed by atoms with Crippen LogP contribution < -0.4 is 75.9 Å². The van der Waals surface area contributed by atoms with Gasteiger partial charge in [0.25, 0.3) is 0 Å². The zero-order valence-corrected chi connectivity index (χ0v) is 15.3. The van der Waals surface area contributed by atoms with Gasteiger partial charge in [0.05, 0.1) is 7.82 Å². The van der Waals surface area contributed by atoms with Crippen LogP contribution in [0.5, 0.6) is 0 Å². The molecule has 0 aliphatic heterocycles. The minimum Gasteiger partial charge on any atom is -0.822 e. The Morgan fingerprint density at radius 1 is 0.706 bits per heavy atom. The SMILES string of the molecule is O=P(O)(O)O.O=P([O-])([O-])O.O=P([O-])([O-])[O-].[K+].[Ti+4]. The first-order valence-electron chi connectivity index (χ1n) is 2.26. The summed E-state index contributed by atoms with van der Waals surface area (Å²) in [5.41, 5.74) is 0. The molecule has 0 spiro atoms. The van der Waals surface area contributed by atoms with E-state index in [-0.39, 0.29) is 73.1 Å². The van der Waals surface area contributed by atoms with E-state index < -0.39 is 23.5 Å². The van der Waals surface area contributed by atoms with Crippen LogP contribution in [0.1, 0.15) is 0 Å². The molecule has 0 saturated heterocycles. The predicted molar refractivity (Wildman–Crippen MR) is 31.7 cm³/mol. The van der Waals surface area contributed by atoms with Gasteiger partial charge in [0, 0.05) is 0 Å². The molecule has 4 N–H and O–H groups in total. The van der Waals surface area contributed by atoms with Gasteiger partial charge in [-0.2, -0.15) is 7.82 Å². The Kier molecular flexibility index (Phi) is 25.6. The van der Waals surface area contributed by atoms with Gasteiger partial charge in [-0.05, 0) is 0 Å². The molecule has 0 atom stereocenters. The van der Waals surface area contributed by atoms with E-state index in [1.165, 1.54) is 0 Å². The van der Waals surface area contributed by atoms with Crippen LogP contribution in [0.25, 0.3) is 0 Å². The fourth-order valence-electron chi connectivity index (χ4n) is 0. The summed E-state index contributed by atoms with van der Waals surface area (Å²) in [5.74, 6) is 0. The summed E-state index contributed by atoms with van der Waals surface area (Å²) in [7, 11) is -15.2. The minimum atomic E-state index is -5.39. The summed E-state index contributed by atoms with van der Waals surface area (Å²) in [6, 6.07) is 0. The summed E-state index contributed by atoms with van der Waals surface area (Å²) in [6.45, 7) is 0. The molecule has 96 valence electrons. The Labute approximate surface area is 152 Å². The van der Waals surface area contributed by atoms with Gasteiger partial charge in [0.1, 0.15) is 0 Å². The van der Waals surface area contributed by atoms with Crippen LogP contribution in [-0.2, 0) is 35.4 Å². The third-order valence-corrected chi connectivity index (χ3v) is 0. The second kappa shape index (κ2) is 13.7. The predicted octanol–water partition coefficient (Wildman–Crippen LogP) is -8.94. The largest absolute Gasteiger partial charge is 4.00 e. The summed E-state index contributed by atoms with van der Waals surface area (Å²) >= 11 is 0. The molecule has 0 fully saturated rings. The van der Waals surface area contributed by atoms with E-state index in [9.17, 15) is 0 Å². The van der Waals surface area contributed by atoms with Crippen molar-refractivity contribution in [3.8, 4) is 0 Å². The van der Waals surface area contributed by atoms with Crippen molar-refractivity contribution in [2.45, 2.75) is 0 Å². The maximum absolute atomic E-state index is 8.88.